The van der Waals surface area contributed by atoms with Crippen LogP contribution in [0, 0.1) is 10.1 Å². The van der Waals surface area contributed by atoms with Crippen molar-refractivity contribution >= 4 is 17.3 Å². The van der Waals surface area contributed by atoms with Crippen molar-refractivity contribution in [2.24, 2.45) is 0 Å². The van der Waals surface area contributed by atoms with Crippen molar-refractivity contribution < 1.29 is 22.9 Å². The summed E-state index contributed by atoms with van der Waals surface area (Å²) in [6.07, 6.45) is -4.75. The molecule has 1 amide bonds. The smallest absolute Gasteiger partial charge is 0.376 e. The third-order valence-corrected chi connectivity index (χ3v) is 2.24. The van der Waals surface area contributed by atoms with E-state index in [4.69, 9.17) is 0 Å². The van der Waals surface area contributed by atoms with Gasteiger partial charge in [0.2, 0.25) is 5.91 Å². The summed E-state index contributed by atoms with van der Waals surface area (Å²) >= 11 is 0. The molecule has 0 fully saturated rings. The number of hydrogen-bond donors (Lipinski definition) is 2. The van der Waals surface area contributed by atoms with Gasteiger partial charge in [0.15, 0.2) is 0 Å². The van der Waals surface area contributed by atoms with Crippen molar-refractivity contribution in [3.8, 4) is 0 Å². The average Bonchev–Trinajstić information content (AvgIpc) is 2.34. The average molecular weight is 277 g/mol. The van der Waals surface area contributed by atoms with Crippen LogP contribution < -0.4 is 10.6 Å². The fourth-order valence-corrected chi connectivity index (χ4v) is 1.30. The van der Waals surface area contributed by atoms with Crippen LogP contribution in [0.25, 0.3) is 0 Å². The van der Waals surface area contributed by atoms with E-state index in [9.17, 15) is 28.1 Å². The first kappa shape index (κ1) is 14.7. The maximum absolute atomic E-state index is 12.7. The van der Waals surface area contributed by atoms with Crippen LogP contribution in [0.4, 0.5) is 24.5 Å². The Morgan fingerprint density at radius 3 is 2.53 bits per heavy atom. The van der Waals surface area contributed by atoms with Gasteiger partial charge in [-0.15, -0.1) is 0 Å². The van der Waals surface area contributed by atoms with E-state index in [0.29, 0.717) is 6.07 Å². The molecule has 0 bridgehead atoms. The van der Waals surface area contributed by atoms with Crippen LogP contribution >= 0.6 is 0 Å². The summed E-state index contributed by atoms with van der Waals surface area (Å²) in [5.41, 5.74) is -2.25. The zero-order valence-corrected chi connectivity index (χ0v) is 9.75. The molecule has 1 rings (SSSR count). The van der Waals surface area contributed by atoms with Gasteiger partial charge in [0.1, 0.15) is 0 Å². The van der Waals surface area contributed by atoms with Crippen molar-refractivity contribution in [1.82, 2.24) is 5.32 Å². The first-order chi connectivity index (χ1) is 8.75. The van der Waals surface area contributed by atoms with E-state index in [1.807, 2.05) is 0 Å². The van der Waals surface area contributed by atoms with E-state index in [0.717, 1.165) is 12.1 Å². The number of carbonyl (C=O) groups is 1. The van der Waals surface area contributed by atoms with E-state index in [2.05, 4.69) is 10.6 Å². The van der Waals surface area contributed by atoms with E-state index < -0.39 is 28.3 Å². The van der Waals surface area contributed by atoms with Crippen molar-refractivity contribution in [2.45, 2.75) is 6.18 Å². The van der Waals surface area contributed by atoms with Crippen LogP contribution in [0.2, 0.25) is 0 Å². The van der Waals surface area contributed by atoms with Gasteiger partial charge < -0.3 is 10.6 Å². The lowest BCUT2D eigenvalue weighted by molar-refractivity contribution is -0.385. The normalized spacial score (nSPS) is 10.9. The third-order valence-electron chi connectivity index (χ3n) is 2.24. The molecule has 9 heteroatoms. The quantitative estimate of drug-likeness (QED) is 0.649. The molecule has 0 aliphatic heterocycles. The van der Waals surface area contributed by atoms with Gasteiger partial charge in [-0.1, -0.05) is 0 Å². The zero-order valence-electron chi connectivity index (χ0n) is 9.75. The molecule has 1 aromatic carbocycles. The Labute approximate surface area is 105 Å². The first-order valence-corrected chi connectivity index (χ1v) is 5.05. The highest BCUT2D eigenvalue weighted by molar-refractivity contribution is 5.80. The standard InChI is InChI=1S/C10H10F3N3O3/c1-14-9(17)5-15-8-3-2-6(16(18)19)4-7(8)10(11,12)13/h2-4,15H,5H2,1H3,(H,14,17). The molecule has 0 saturated carbocycles. The number of amides is 1. The Balaban J connectivity index is 3.10. The Morgan fingerprint density at radius 1 is 1.42 bits per heavy atom. The second-order valence-electron chi connectivity index (χ2n) is 3.51. The predicted molar refractivity (Wildman–Crippen MR) is 60.7 cm³/mol. The number of likely N-dealkylation sites (N-methyl/N-ethyl adjacent to an activating group) is 1. The summed E-state index contributed by atoms with van der Waals surface area (Å²) in [4.78, 5) is 20.5. The number of hydrogen-bond acceptors (Lipinski definition) is 4. The summed E-state index contributed by atoms with van der Waals surface area (Å²) < 4.78 is 38.2. The number of benzene rings is 1. The number of nitro benzene ring substituents is 1. The lowest BCUT2D eigenvalue weighted by Gasteiger charge is -2.13. The van der Waals surface area contributed by atoms with Gasteiger partial charge in [-0.2, -0.15) is 13.2 Å². The molecule has 0 saturated heterocycles. The minimum Gasteiger partial charge on any atom is -0.376 e. The second-order valence-corrected chi connectivity index (χ2v) is 3.51. The zero-order chi connectivity index (χ0) is 14.6. The topological polar surface area (TPSA) is 84.3 Å². The molecule has 0 spiro atoms. The molecule has 0 aromatic heterocycles. The SMILES string of the molecule is CNC(=O)CNc1ccc([N+](=O)[O-])cc1C(F)(F)F. The number of rotatable bonds is 4. The van der Waals surface area contributed by atoms with E-state index >= 15 is 0 Å². The summed E-state index contributed by atoms with van der Waals surface area (Å²) in [6, 6.07) is 2.28. The maximum atomic E-state index is 12.7. The molecular formula is C10H10F3N3O3. The molecule has 19 heavy (non-hydrogen) atoms. The maximum Gasteiger partial charge on any atom is 0.418 e. The van der Waals surface area contributed by atoms with E-state index in [1.54, 1.807) is 0 Å². The molecule has 104 valence electrons. The lowest BCUT2D eigenvalue weighted by atomic mass is 10.1. The van der Waals surface area contributed by atoms with Gasteiger partial charge in [0.05, 0.1) is 17.0 Å². The van der Waals surface area contributed by atoms with E-state index in [-0.39, 0.29) is 12.2 Å². The number of nitro groups is 1. The number of alkyl halides is 3. The van der Waals surface area contributed by atoms with Gasteiger partial charge in [0.25, 0.3) is 5.69 Å². The summed E-state index contributed by atoms with van der Waals surface area (Å²) in [6.45, 7) is -0.364. The Hall–Kier alpha value is -2.32. The summed E-state index contributed by atoms with van der Waals surface area (Å²) in [7, 11) is 1.34. The molecule has 1 aromatic rings. The number of halogens is 3. The summed E-state index contributed by atoms with van der Waals surface area (Å²) in [5.74, 6) is -0.508. The lowest BCUT2D eigenvalue weighted by Crippen LogP contribution is -2.27. The molecular weight excluding hydrogens is 267 g/mol. The van der Waals surface area contributed by atoms with Crippen molar-refractivity contribution in [3.05, 3.63) is 33.9 Å². The number of carbonyl (C=O) groups excluding carboxylic acids is 1. The van der Waals surface area contributed by atoms with Gasteiger partial charge in [-0.3, -0.25) is 14.9 Å². The fourth-order valence-electron chi connectivity index (χ4n) is 1.30. The number of nitrogens with one attached hydrogen (secondary N) is 2. The number of non-ortho nitro benzene ring substituents is 1. The van der Waals surface area contributed by atoms with Crippen LogP contribution in [-0.4, -0.2) is 24.4 Å². The molecule has 0 unspecified atom stereocenters. The Bertz CT molecular complexity index is 503. The molecule has 2 N–H and O–H groups in total. The van der Waals surface area contributed by atoms with Crippen LogP contribution in [0.15, 0.2) is 18.2 Å². The monoisotopic (exact) mass is 277 g/mol. The third kappa shape index (κ3) is 3.83. The Kier molecular flexibility index (Phi) is 4.30. The van der Waals surface area contributed by atoms with Crippen LogP contribution in [0.3, 0.4) is 0 Å². The fraction of sp³-hybridized carbons (Fsp3) is 0.300. The van der Waals surface area contributed by atoms with E-state index in [1.165, 1.54) is 7.05 Å². The van der Waals surface area contributed by atoms with Gasteiger partial charge in [-0.25, -0.2) is 0 Å². The Morgan fingerprint density at radius 2 is 2.05 bits per heavy atom. The van der Waals surface area contributed by atoms with Crippen LogP contribution in [-0.2, 0) is 11.0 Å². The van der Waals surface area contributed by atoms with Gasteiger partial charge >= 0.3 is 6.18 Å². The summed E-state index contributed by atoms with van der Waals surface area (Å²) in [5, 5.41) is 15.0. The number of anilines is 1. The van der Waals surface area contributed by atoms with Crippen molar-refractivity contribution in [1.29, 1.82) is 0 Å². The number of nitrogens with zero attached hydrogens (tertiary/aromatic N) is 1. The second kappa shape index (κ2) is 5.55. The highest BCUT2D eigenvalue weighted by Crippen LogP contribution is 2.36. The van der Waals surface area contributed by atoms with Crippen LogP contribution in [0.1, 0.15) is 5.56 Å². The van der Waals surface area contributed by atoms with Crippen LogP contribution in [0.5, 0.6) is 0 Å². The first-order valence-electron chi connectivity index (χ1n) is 5.05. The molecule has 6 nitrogen and oxygen atoms in total. The minimum atomic E-state index is -4.75. The van der Waals surface area contributed by atoms with Crippen molar-refractivity contribution in [2.75, 3.05) is 18.9 Å². The predicted octanol–water partition coefficient (Wildman–Crippen LogP) is 1.77. The molecule has 0 atom stereocenters. The largest absolute Gasteiger partial charge is 0.418 e. The molecule has 0 aliphatic rings. The van der Waals surface area contributed by atoms with Gasteiger partial charge in [-0.05, 0) is 6.07 Å². The van der Waals surface area contributed by atoms with Gasteiger partial charge in [0, 0.05) is 24.9 Å². The van der Waals surface area contributed by atoms with Crippen molar-refractivity contribution in [3.63, 3.8) is 0 Å². The highest BCUT2D eigenvalue weighted by atomic mass is 19.4. The molecule has 0 radical (unpaired) electrons. The minimum absolute atomic E-state index is 0.364. The highest BCUT2D eigenvalue weighted by Gasteiger charge is 2.35. The molecule has 0 aliphatic carbocycles. The molecule has 0 heterocycles.